The molecule has 0 amide bonds. The molecule has 1 rings (SSSR count). The lowest BCUT2D eigenvalue weighted by atomic mass is 10.0. The van der Waals surface area contributed by atoms with Gasteiger partial charge in [0.1, 0.15) is 6.04 Å². The van der Waals surface area contributed by atoms with E-state index in [1.807, 2.05) is 45.0 Å². The Morgan fingerprint density at radius 3 is 2.18 bits per heavy atom. The molecule has 0 aliphatic rings. The lowest BCUT2D eigenvalue weighted by Gasteiger charge is -2.23. The lowest BCUT2D eigenvalue weighted by molar-refractivity contribution is -0.140. The van der Waals surface area contributed by atoms with E-state index in [-0.39, 0.29) is 12.0 Å². The van der Waals surface area contributed by atoms with Crippen LogP contribution in [0.2, 0.25) is 0 Å². The molecule has 1 aromatic carbocycles. The number of halogens is 1. The van der Waals surface area contributed by atoms with Crippen molar-refractivity contribution in [1.82, 2.24) is 5.32 Å². The average Bonchev–Trinajstić information content (AvgIpc) is 2.25. The molecule has 0 saturated carbocycles. The molecule has 0 heterocycles. The number of hydrogen-bond donors (Lipinski definition) is 2. The number of nitrogens with one attached hydrogen (secondary N) is 1. The van der Waals surface area contributed by atoms with Crippen LogP contribution in [0.3, 0.4) is 0 Å². The van der Waals surface area contributed by atoms with E-state index in [4.69, 9.17) is 5.11 Å². The highest BCUT2D eigenvalue weighted by molar-refractivity contribution is 9.10. The molecule has 0 spiro atoms. The van der Waals surface area contributed by atoms with Crippen molar-refractivity contribution in [3.63, 3.8) is 0 Å². The largest absolute Gasteiger partial charge is 0.480 e. The van der Waals surface area contributed by atoms with Gasteiger partial charge in [0.15, 0.2) is 0 Å². The fourth-order valence-electron chi connectivity index (χ4n) is 1.67. The van der Waals surface area contributed by atoms with Crippen LogP contribution in [-0.4, -0.2) is 17.1 Å². The van der Waals surface area contributed by atoms with Gasteiger partial charge < -0.3 is 5.11 Å². The van der Waals surface area contributed by atoms with Crippen LogP contribution in [0.1, 0.15) is 32.4 Å². The quantitative estimate of drug-likeness (QED) is 0.878. The van der Waals surface area contributed by atoms with Crippen LogP contribution in [-0.2, 0) is 4.79 Å². The zero-order valence-corrected chi connectivity index (χ0v) is 11.9. The Labute approximate surface area is 110 Å². The Balaban J connectivity index is 2.73. The molecule has 4 heteroatoms. The van der Waals surface area contributed by atoms with E-state index in [2.05, 4.69) is 21.2 Å². The van der Waals surface area contributed by atoms with E-state index in [1.54, 1.807) is 0 Å². The minimum absolute atomic E-state index is 0.0200. The van der Waals surface area contributed by atoms with Crippen LogP contribution in [0.4, 0.5) is 0 Å². The van der Waals surface area contributed by atoms with Crippen molar-refractivity contribution in [1.29, 1.82) is 0 Å². The molecule has 0 saturated heterocycles. The molecular formula is C13H18BrNO2. The highest BCUT2D eigenvalue weighted by atomic mass is 79.9. The molecule has 17 heavy (non-hydrogen) atoms. The lowest BCUT2D eigenvalue weighted by Crippen LogP contribution is -2.42. The monoisotopic (exact) mass is 299 g/mol. The number of carboxylic acid groups (broad SMARTS) is 1. The molecule has 0 aromatic heterocycles. The Kier molecular flexibility index (Phi) is 5.15. The number of hydrogen-bond acceptors (Lipinski definition) is 2. The summed E-state index contributed by atoms with van der Waals surface area (Å²) in [4.78, 5) is 11.1. The van der Waals surface area contributed by atoms with Crippen LogP contribution in [0.25, 0.3) is 0 Å². The summed E-state index contributed by atoms with van der Waals surface area (Å²) in [5.74, 6) is -0.741. The molecule has 2 atom stereocenters. The van der Waals surface area contributed by atoms with Crippen LogP contribution < -0.4 is 5.32 Å². The molecule has 0 bridgehead atoms. The summed E-state index contributed by atoms with van der Waals surface area (Å²) in [6, 6.07) is 7.39. The van der Waals surface area contributed by atoms with Gasteiger partial charge in [0, 0.05) is 10.5 Å². The SMILES string of the molecule is CC(NC(C(=O)O)C(C)C)c1ccc(Br)cc1. The summed E-state index contributed by atoms with van der Waals surface area (Å²) in [6.07, 6.45) is 0. The van der Waals surface area contributed by atoms with Crippen molar-refractivity contribution in [3.8, 4) is 0 Å². The van der Waals surface area contributed by atoms with Gasteiger partial charge in [0.25, 0.3) is 0 Å². The molecule has 0 radical (unpaired) electrons. The fraction of sp³-hybridized carbons (Fsp3) is 0.462. The van der Waals surface area contributed by atoms with Gasteiger partial charge in [-0.1, -0.05) is 41.9 Å². The summed E-state index contributed by atoms with van der Waals surface area (Å²) < 4.78 is 1.02. The summed E-state index contributed by atoms with van der Waals surface area (Å²) in [5, 5.41) is 12.3. The molecule has 3 nitrogen and oxygen atoms in total. The van der Waals surface area contributed by atoms with E-state index in [1.165, 1.54) is 0 Å². The number of benzene rings is 1. The van der Waals surface area contributed by atoms with Gasteiger partial charge in [-0.2, -0.15) is 0 Å². The number of carbonyl (C=O) groups is 1. The van der Waals surface area contributed by atoms with Gasteiger partial charge >= 0.3 is 5.97 Å². The normalized spacial score (nSPS) is 14.6. The van der Waals surface area contributed by atoms with Crippen LogP contribution >= 0.6 is 15.9 Å². The molecule has 94 valence electrons. The first kappa shape index (κ1) is 14.2. The Morgan fingerprint density at radius 2 is 1.76 bits per heavy atom. The van der Waals surface area contributed by atoms with Crippen molar-refractivity contribution in [2.24, 2.45) is 5.92 Å². The predicted molar refractivity (Wildman–Crippen MR) is 72.0 cm³/mol. The standard InChI is InChI=1S/C13H18BrNO2/c1-8(2)12(13(16)17)15-9(3)10-4-6-11(14)7-5-10/h4-9,12,15H,1-3H3,(H,16,17). The Morgan fingerprint density at radius 1 is 1.24 bits per heavy atom. The smallest absolute Gasteiger partial charge is 0.320 e. The van der Waals surface area contributed by atoms with E-state index < -0.39 is 12.0 Å². The summed E-state index contributed by atoms with van der Waals surface area (Å²) >= 11 is 3.38. The second kappa shape index (κ2) is 6.17. The first-order chi connectivity index (χ1) is 7.91. The van der Waals surface area contributed by atoms with Crippen molar-refractivity contribution >= 4 is 21.9 Å². The van der Waals surface area contributed by atoms with E-state index in [0.29, 0.717) is 0 Å². The third-order valence-electron chi connectivity index (χ3n) is 2.73. The summed E-state index contributed by atoms with van der Waals surface area (Å²) in [5.41, 5.74) is 1.08. The zero-order chi connectivity index (χ0) is 13.0. The van der Waals surface area contributed by atoms with Gasteiger partial charge in [-0.05, 0) is 30.5 Å². The molecule has 2 unspecified atom stereocenters. The van der Waals surface area contributed by atoms with E-state index in [0.717, 1.165) is 10.0 Å². The number of carboxylic acids is 1. The van der Waals surface area contributed by atoms with Crippen molar-refractivity contribution in [2.75, 3.05) is 0 Å². The maximum atomic E-state index is 11.1. The van der Waals surface area contributed by atoms with Crippen LogP contribution in [0.15, 0.2) is 28.7 Å². The molecule has 1 aromatic rings. The third-order valence-corrected chi connectivity index (χ3v) is 3.26. The molecule has 0 aliphatic carbocycles. The predicted octanol–water partition coefficient (Wildman–Crippen LogP) is 3.21. The summed E-state index contributed by atoms with van der Waals surface area (Å²) in [6.45, 7) is 5.78. The molecule has 0 aliphatic heterocycles. The molecular weight excluding hydrogens is 282 g/mol. The molecule has 0 fully saturated rings. The van der Waals surface area contributed by atoms with Crippen molar-refractivity contribution in [3.05, 3.63) is 34.3 Å². The summed E-state index contributed by atoms with van der Waals surface area (Å²) in [7, 11) is 0. The van der Waals surface area contributed by atoms with Gasteiger partial charge in [-0.25, -0.2) is 0 Å². The second-order valence-corrected chi connectivity index (χ2v) is 5.42. The van der Waals surface area contributed by atoms with Crippen molar-refractivity contribution < 1.29 is 9.90 Å². The zero-order valence-electron chi connectivity index (χ0n) is 10.3. The minimum Gasteiger partial charge on any atom is -0.480 e. The average molecular weight is 300 g/mol. The van der Waals surface area contributed by atoms with Gasteiger partial charge in [-0.3, -0.25) is 10.1 Å². The fourth-order valence-corrected chi connectivity index (χ4v) is 1.93. The van der Waals surface area contributed by atoms with E-state index >= 15 is 0 Å². The van der Waals surface area contributed by atoms with Crippen LogP contribution in [0.5, 0.6) is 0 Å². The maximum Gasteiger partial charge on any atom is 0.320 e. The van der Waals surface area contributed by atoms with E-state index in [9.17, 15) is 4.79 Å². The highest BCUT2D eigenvalue weighted by Gasteiger charge is 2.23. The first-order valence-corrected chi connectivity index (χ1v) is 6.45. The Bertz CT molecular complexity index is 376. The third kappa shape index (κ3) is 4.13. The second-order valence-electron chi connectivity index (χ2n) is 4.50. The topological polar surface area (TPSA) is 49.3 Å². The Hall–Kier alpha value is -0.870. The number of rotatable bonds is 5. The van der Waals surface area contributed by atoms with Gasteiger partial charge in [0.2, 0.25) is 0 Å². The molecule has 2 N–H and O–H groups in total. The number of aliphatic carboxylic acids is 1. The minimum atomic E-state index is -0.802. The van der Waals surface area contributed by atoms with Gasteiger partial charge in [0.05, 0.1) is 0 Å². The maximum absolute atomic E-state index is 11.1. The van der Waals surface area contributed by atoms with Crippen molar-refractivity contribution in [2.45, 2.75) is 32.9 Å². The highest BCUT2D eigenvalue weighted by Crippen LogP contribution is 2.18. The van der Waals surface area contributed by atoms with Crippen LogP contribution in [0, 0.1) is 5.92 Å². The first-order valence-electron chi connectivity index (χ1n) is 5.66. The van der Waals surface area contributed by atoms with Gasteiger partial charge in [-0.15, -0.1) is 0 Å².